The zero-order chi connectivity index (χ0) is 22.5. The average Bonchev–Trinajstić information content (AvgIpc) is 2.58. The molecule has 0 fully saturated rings. The van der Waals surface area contributed by atoms with E-state index in [4.69, 9.17) is 9.47 Å². The Labute approximate surface area is 211 Å². The molecule has 1 atom stereocenters. The first kappa shape index (κ1) is 25.2. The van der Waals surface area contributed by atoms with Crippen LogP contribution < -0.4 is 10.1 Å². The Hall–Kier alpha value is -1.08. The molecule has 1 amide bonds. The Morgan fingerprint density at radius 1 is 1.13 bits per heavy atom. The largest absolute Gasteiger partial charge is 0.487 e. The van der Waals surface area contributed by atoms with Gasteiger partial charge in [-0.15, -0.1) is 0 Å². The first-order valence-corrected chi connectivity index (χ1v) is 12.0. The first-order chi connectivity index (χ1) is 13.9. The molecule has 2 rings (SSSR count). The molecule has 0 spiro atoms. The van der Waals surface area contributed by atoms with Gasteiger partial charge in [0.05, 0.1) is 7.14 Å². The molecular weight excluding hydrogens is 680 g/mol. The number of alkyl carbamates (subject to hydrolysis) is 1. The zero-order valence-corrected chi connectivity index (χ0v) is 22.6. The fourth-order valence-corrected chi connectivity index (χ4v) is 5.19. The monoisotopic (exact) mass is 701 g/mol. The lowest BCUT2D eigenvalue weighted by Gasteiger charge is -2.22. The second kappa shape index (κ2) is 11.0. The number of benzene rings is 2. The summed E-state index contributed by atoms with van der Waals surface area (Å²) in [5.74, 6) is -0.382. The molecule has 0 saturated heterocycles. The van der Waals surface area contributed by atoms with E-state index in [1.54, 1.807) is 20.8 Å². The van der Waals surface area contributed by atoms with Crippen LogP contribution in [0.5, 0.6) is 5.75 Å². The number of aliphatic carboxylic acids is 1. The molecule has 6 nitrogen and oxygen atoms in total. The Morgan fingerprint density at radius 3 is 2.30 bits per heavy atom. The topological polar surface area (TPSA) is 84.9 Å². The van der Waals surface area contributed by atoms with E-state index in [0.717, 1.165) is 28.5 Å². The maximum Gasteiger partial charge on any atom is 0.408 e. The summed E-state index contributed by atoms with van der Waals surface area (Å²) in [4.78, 5) is 23.6. The van der Waals surface area contributed by atoms with E-state index >= 15 is 0 Å². The van der Waals surface area contributed by atoms with E-state index < -0.39 is 23.7 Å². The summed E-state index contributed by atoms with van der Waals surface area (Å²) in [6.45, 7) is 5.59. The molecule has 2 aromatic carbocycles. The molecule has 0 aliphatic carbocycles. The SMILES string of the molecule is CC(C)(C)OC(=O)N[C@@H](Cc1cc(I)c(OCc2cccc(Br)c2)c(I)c1)C(=O)O. The van der Waals surface area contributed by atoms with Gasteiger partial charge in [-0.25, -0.2) is 9.59 Å². The van der Waals surface area contributed by atoms with Crippen LogP contribution >= 0.6 is 61.1 Å². The summed E-state index contributed by atoms with van der Waals surface area (Å²) in [5, 5.41) is 11.9. The molecule has 0 aliphatic rings. The molecule has 0 saturated carbocycles. The Morgan fingerprint density at radius 2 is 1.77 bits per heavy atom. The van der Waals surface area contributed by atoms with Crippen molar-refractivity contribution in [1.82, 2.24) is 5.32 Å². The van der Waals surface area contributed by atoms with Gasteiger partial charge < -0.3 is 19.9 Å². The maximum atomic E-state index is 12.0. The quantitative estimate of drug-likeness (QED) is 0.359. The minimum Gasteiger partial charge on any atom is -0.487 e. The van der Waals surface area contributed by atoms with Gasteiger partial charge in [0.2, 0.25) is 0 Å². The van der Waals surface area contributed by atoms with Crippen LogP contribution in [0.3, 0.4) is 0 Å². The molecule has 0 aromatic heterocycles. The highest BCUT2D eigenvalue weighted by Crippen LogP contribution is 2.30. The normalized spacial score (nSPS) is 12.2. The van der Waals surface area contributed by atoms with Crippen molar-refractivity contribution in [1.29, 1.82) is 0 Å². The average molecular weight is 702 g/mol. The van der Waals surface area contributed by atoms with Gasteiger partial charge in [0.15, 0.2) is 0 Å². The standard InChI is InChI=1S/C21H22BrI2NO5/c1-21(2,3)30-20(28)25-17(19(26)27)10-13-8-15(23)18(16(24)9-13)29-11-12-5-4-6-14(22)7-12/h4-9,17H,10-11H2,1-3H3,(H,25,28)(H,26,27)/t17-/m0/s1. The summed E-state index contributed by atoms with van der Waals surface area (Å²) in [6.07, 6.45) is -0.625. The van der Waals surface area contributed by atoms with Gasteiger partial charge in [-0.3, -0.25) is 0 Å². The second-order valence-electron chi connectivity index (χ2n) is 7.55. The van der Waals surface area contributed by atoms with E-state index in [2.05, 4.69) is 66.4 Å². The minimum atomic E-state index is -1.12. The molecule has 30 heavy (non-hydrogen) atoms. The third kappa shape index (κ3) is 8.22. The highest BCUT2D eigenvalue weighted by molar-refractivity contribution is 14.1. The van der Waals surface area contributed by atoms with E-state index in [-0.39, 0.29) is 6.42 Å². The highest BCUT2D eigenvalue weighted by atomic mass is 127. The molecular formula is C21H22BrI2NO5. The second-order valence-corrected chi connectivity index (χ2v) is 10.8. The fraction of sp³-hybridized carbons (Fsp3) is 0.333. The number of amides is 1. The van der Waals surface area contributed by atoms with Crippen LogP contribution in [0.25, 0.3) is 0 Å². The van der Waals surface area contributed by atoms with E-state index in [9.17, 15) is 14.7 Å². The first-order valence-electron chi connectivity index (χ1n) is 9.02. The van der Waals surface area contributed by atoms with Crippen LogP contribution in [0, 0.1) is 7.14 Å². The molecule has 0 heterocycles. The highest BCUT2D eigenvalue weighted by Gasteiger charge is 2.25. The van der Waals surface area contributed by atoms with Crippen LogP contribution in [0.4, 0.5) is 4.79 Å². The summed E-state index contributed by atoms with van der Waals surface area (Å²) in [7, 11) is 0. The minimum absolute atomic E-state index is 0.131. The van der Waals surface area contributed by atoms with Crippen LogP contribution in [0.1, 0.15) is 31.9 Å². The summed E-state index contributed by atoms with van der Waals surface area (Å²) < 4.78 is 13.9. The number of nitrogens with one attached hydrogen (secondary N) is 1. The van der Waals surface area contributed by atoms with Crippen molar-refractivity contribution in [2.45, 2.75) is 45.4 Å². The van der Waals surface area contributed by atoms with Crippen molar-refractivity contribution in [3.63, 3.8) is 0 Å². The van der Waals surface area contributed by atoms with Crippen molar-refractivity contribution < 1.29 is 24.2 Å². The number of ether oxygens (including phenoxy) is 2. The fourth-order valence-electron chi connectivity index (χ4n) is 2.54. The van der Waals surface area contributed by atoms with Gasteiger partial charge in [0.25, 0.3) is 0 Å². The molecule has 0 aliphatic heterocycles. The Kier molecular flexibility index (Phi) is 9.22. The number of hydrogen-bond acceptors (Lipinski definition) is 4. The zero-order valence-electron chi connectivity index (χ0n) is 16.7. The lowest BCUT2D eigenvalue weighted by Crippen LogP contribution is -2.44. The van der Waals surface area contributed by atoms with E-state index in [0.29, 0.717) is 6.61 Å². The van der Waals surface area contributed by atoms with E-state index in [1.807, 2.05) is 36.4 Å². The maximum absolute atomic E-state index is 12.0. The summed E-state index contributed by atoms with van der Waals surface area (Å²) >= 11 is 7.79. The van der Waals surface area contributed by atoms with Gasteiger partial charge >= 0.3 is 12.1 Å². The van der Waals surface area contributed by atoms with Crippen molar-refractivity contribution in [2.75, 3.05) is 0 Å². The van der Waals surface area contributed by atoms with Gasteiger partial charge in [0, 0.05) is 10.9 Å². The van der Waals surface area contributed by atoms with Crippen LogP contribution in [-0.4, -0.2) is 28.8 Å². The number of hydrogen-bond donors (Lipinski definition) is 2. The van der Waals surface area contributed by atoms with Gasteiger partial charge in [-0.1, -0.05) is 28.1 Å². The number of carboxylic acids is 1. The summed E-state index contributed by atoms with van der Waals surface area (Å²) in [5.41, 5.74) is 1.11. The molecule has 162 valence electrons. The number of carbonyl (C=O) groups is 2. The lowest BCUT2D eigenvalue weighted by molar-refractivity contribution is -0.139. The van der Waals surface area contributed by atoms with Gasteiger partial charge in [0.1, 0.15) is 24.0 Å². The van der Waals surface area contributed by atoms with Crippen LogP contribution in [-0.2, 0) is 22.6 Å². The van der Waals surface area contributed by atoms with Crippen molar-refractivity contribution >= 4 is 73.2 Å². The number of halogens is 3. The van der Waals surface area contributed by atoms with Gasteiger partial charge in [-0.2, -0.15) is 0 Å². The molecule has 2 aromatic rings. The predicted molar refractivity (Wildman–Crippen MR) is 135 cm³/mol. The molecule has 2 N–H and O–H groups in total. The Balaban J connectivity index is 2.10. The molecule has 0 unspecified atom stereocenters. The smallest absolute Gasteiger partial charge is 0.408 e. The number of carboxylic acid groups (broad SMARTS) is 1. The number of rotatable bonds is 7. The van der Waals surface area contributed by atoms with Crippen molar-refractivity contribution in [2.24, 2.45) is 0 Å². The molecule has 0 bridgehead atoms. The lowest BCUT2D eigenvalue weighted by atomic mass is 10.1. The van der Waals surface area contributed by atoms with Crippen LogP contribution in [0.2, 0.25) is 0 Å². The predicted octanol–water partition coefficient (Wildman–Crippen LogP) is 5.76. The third-order valence-electron chi connectivity index (χ3n) is 3.76. The van der Waals surface area contributed by atoms with E-state index in [1.165, 1.54) is 0 Å². The Bertz CT molecular complexity index is 907. The third-order valence-corrected chi connectivity index (χ3v) is 5.85. The van der Waals surface area contributed by atoms with Crippen molar-refractivity contribution in [3.8, 4) is 5.75 Å². The summed E-state index contributed by atoms with van der Waals surface area (Å²) in [6, 6.07) is 10.5. The van der Waals surface area contributed by atoms with Crippen LogP contribution in [0.15, 0.2) is 40.9 Å². The molecule has 9 heteroatoms. The number of carbonyl (C=O) groups excluding carboxylic acids is 1. The van der Waals surface area contributed by atoms with Gasteiger partial charge in [-0.05, 0) is 101 Å². The molecule has 0 radical (unpaired) electrons. The van der Waals surface area contributed by atoms with Crippen molar-refractivity contribution in [3.05, 3.63) is 59.1 Å².